The highest BCUT2D eigenvalue weighted by atomic mass is 16.2. The summed E-state index contributed by atoms with van der Waals surface area (Å²) in [6.45, 7) is 3.02. The predicted octanol–water partition coefficient (Wildman–Crippen LogP) is 0.188. The molecular formula is C19H20N6O3. The van der Waals surface area contributed by atoms with Gasteiger partial charge in [-0.1, -0.05) is 30.3 Å². The Kier molecular flexibility index (Phi) is 4.64. The minimum absolute atomic E-state index is 0.110. The Bertz CT molecular complexity index is 1100. The lowest BCUT2D eigenvalue weighted by Gasteiger charge is -2.20. The lowest BCUT2D eigenvalue weighted by molar-refractivity contribution is -0.131. The molecule has 0 spiro atoms. The summed E-state index contributed by atoms with van der Waals surface area (Å²) in [5, 5.41) is 4.57. The van der Waals surface area contributed by atoms with Gasteiger partial charge in [-0.05, 0) is 6.92 Å². The standard InChI is InChI=1S/C19H20N6O3/c1-13-11-24(19(28)21-18(13)27)12-16(26)23-8-7-15-20-17(22-25(15)10-9-23)14-5-3-2-4-6-14/h2-6,11H,7-10,12H2,1H3,(H,21,27,28). The molecule has 3 aromatic rings. The van der Waals surface area contributed by atoms with Crippen LogP contribution in [0.25, 0.3) is 11.4 Å². The van der Waals surface area contributed by atoms with Crippen molar-refractivity contribution in [3.05, 3.63) is 68.8 Å². The average Bonchev–Trinajstić information content (AvgIpc) is 2.99. The van der Waals surface area contributed by atoms with Crippen molar-refractivity contribution >= 4 is 5.91 Å². The third-order valence-electron chi connectivity index (χ3n) is 4.81. The second kappa shape index (κ2) is 7.26. The summed E-state index contributed by atoms with van der Waals surface area (Å²) in [5.41, 5.74) is 0.333. The van der Waals surface area contributed by atoms with E-state index in [2.05, 4.69) is 15.1 Å². The summed E-state index contributed by atoms with van der Waals surface area (Å²) in [7, 11) is 0. The monoisotopic (exact) mass is 380 g/mol. The number of carbonyl (C=O) groups excluding carboxylic acids is 1. The van der Waals surface area contributed by atoms with Crippen LogP contribution >= 0.6 is 0 Å². The van der Waals surface area contributed by atoms with Crippen LogP contribution in [0.4, 0.5) is 0 Å². The zero-order valence-corrected chi connectivity index (χ0v) is 15.5. The van der Waals surface area contributed by atoms with Gasteiger partial charge in [0.15, 0.2) is 5.82 Å². The van der Waals surface area contributed by atoms with E-state index in [1.54, 1.807) is 11.8 Å². The molecule has 0 saturated heterocycles. The molecule has 28 heavy (non-hydrogen) atoms. The lowest BCUT2D eigenvalue weighted by atomic mass is 10.2. The molecular weight excluding hydrogens is 360 g/mol. The van der Waals surface area contributed by atoms with Crippen molar-refractivity contribution in [1.29, 1.82) is 0 Å². The molecule has 0 atom stereocenters. The molecule has 0 fully saturated rings. The summed E-state index contributed by atoms with van der Waals surface area (Å²) in [5.74, 6) is 1.35. The number of aryl methyl sites for hydroxylation is 1. The zero-order chi connectivity index (χ0) is 19.7. The van der Waals surface area contributed by atoms with Crippen molar-refractivity contribution in [3.8, 4) is 11.4 Å². The van der Waals surface area contributed by atoms with Crippen LogP contribution in [-0.4, -0.2) is 48.2 Å². The maximum absolute atomic E-state index is 12.7. The molecule has 0 saturated carbocycles. The topological polar surface area (TPSA) is 106 Å². The Morgan fingerprint density at radius 2 is 1.93 bits per heavy atom. The zero-order valence-electron chi connectivity index (χ0n) is 15.5. The Hall–Kier alpha value is -3.49. The van der Waals surface area contributed by atoms with Gasteiger partial charge in [-0.15, -0.1) is 0 Å². The number of fused-ring (bicyclic) bond motifs is 1. The first-order valence-electron chi connectivity index (χ1n) is 9.08. The lowest BCUT2D eigenvalue weighted by Crippen LogP contribution is -2.40. The van der Waals surface area contributed by atoms with Gasteiger partial charge >= 0.3 is 5.69 Å². The van der Waals surface area contributed by atoms with E-state index in [1.165, 1.54) is 10.8 Å². The number of hydrogen-bond acceptors (Lipinski definition) is 5. The third kappa shape index (κ3) is 3.51. The maximum atomic E-state index is 12.7. The first-order valence-corrected chi connectivity index (χ1v) is 9.08. The van der Waals surface area contributed by atoms with E-state index < -0.39 is 11.2 Å². The van der Waals surface area contributed by atoms with E-state index in [4.69, 9.17) is 0 Å². The Labute approximate surface area is 160 Å². The van der Waals surface area contributed by atoms with Crippen LogP contribution < -0.4 is 11.2 Å². The fourth-order valence-electron chi connectivity index (χ4n) is 3.24. The average molecular weight is 380 g/mol. The molecule has 1 amide bonds. The Balaban J connectivity index is 1.46. The SMILES string of the molecule is Cc1cn(CC(=O)N2CCc3nc(-c4ccccc4)nn3CC2)c(=O)[nH]c1=O. The number of hydrogen-bond donors (Lipinski definition) is 1. The minimum atomic E-state index is -0.583. The van der Waals surface area contributed by atoms with E-state index >= 15 is 0 Å². The molecule has 0 radical (unpaired) electrons. The number of nitrogens with zero attached hydrogens (tertiary/aromatic N) is 5. The molecule has 1 aliphatic heterocycles. The first kappa shape index (κ1) is 17.9. The molecule has 2 aromatic heterocycles. The number of amides is 1. The molecule has 1 N–H and O–H groups in total. The molecule has 3 heterocycles. The van der Waals surface area contributed by atoms with Crippen LogP contribution in [0.15, 0.2) is 46.1 Å². The number of rotatable bonds is 3. The van der Waals surface area contributed by atoms with E-state index in [-0.39, 0.29) is 12.5 Å². The molecule has 0 aliphatic carbocycles. The Morgan fingerprint density at radius 1 is 1.14 bits per heavy atom. The summed E-state index contributed by atoms with van der Waals surface area (Å²) in [4.78, 5) is 44.6. The molecule has 1 aliphatic rings. The normalized spacial score (nSPS) is 13.8. The molecule has 0 unspecified atom stereocenters. The summed E-state index contributed by atoms with van der Waals surface area (Å²) in [6.07, 6.45) is 2.00. The molecule has 0 bridgehead atoms. The van der Waals surface area contributed by atoms with Crippen molar-refractivity contribution in [3.63, 3.8) is 0 Å². The van der Waals surface area contributed by atoms with Crippen LogP contribution in [0.1, 0.15) is 11.4 Å². The maximum Gasteiger partial charge on any atom is 0.328 e. The quantitative estimate of drug-likeness (QED) is 0.698. The van der Waals surface area contributed by atoms with Crippen molar-refractivity contribution in [2.24, 2.45) is 0 Å². The number of nitrogens with one attached hydrogen (secondary N) is 1. The van der Waals surface area contributed by atoms with Gasteiger partial charge in [0.25, 0.3) is 5.56 Å². The number of carbonyl (C=O) groups is 1. The van der Waals surface area contributed by atoms with Crippen LogP contribution in [0.2, 0.25) is 0 Å². The largest absolute Gasteiger partial charge is 0.339 e. The summed E-state index contributed by atoms with van der Waals surface area (Å²) in [6, 6.07) is 9.78. The van der Waals surface area contributed by atoms with Crippen LogP contribution in [0.3, 0.4) is 0 Å². The van der Waals surface area contributed by atoms with Gasteiger partial charge < -0.3 is 4.90 Å². The molecule has 9 nitrogen and oxygen atoms in total. The second-order valence-electron chi connectivity index (χ2n) is 6.77. The van der Waals surface area contributed by atoms with Gasteiger partial charge in [-0.25, -0.2) is 14.5 Å². The minimum Gasteiger partial charge on any atom is -0.339 e. The smallest absolute Gasteiger partial charge is 0.328 e. The summed E-state index contributed by atoms with van der Waals surface area (Å²) < 4.78 is 3.07. The fraction of sp³-hybridized carbons (Fsp3) is 0.316. The van der Waals surface area contributed by atoms with Gasteiger partial charge in [0.2, 0.25) is 5.91 Å². The highest BCUT2D eigenvalue weighted by Gasteiger charge is 2.21. The first-order chi connectivity index (χ1) is 13.5. The van der Waals surface area contributed by atoms with Crippen molar-refractivity contribution < 1.29 is 4.79 Å². The van der Waals surface area contributed by atoms with E-state index in [0.717, 1.165) is 11.4 Å². The molecule has 1 aromatic carbocycles. The van der Waals surface area contributed by atoms with Crippen LogP contribution in [-0.2, 0) is 24.3 Å². The van der Waals surface area contributed by atoms with E-state index in [9.17, 15) is 14.4 Å². The van der Waals surface area contributed by atoms with Gasteiger partial charge in [0.05, 0.1) is 6.54 Å². The predicted molar refractivity (Wildman–Crippen MR) is 102 cm³/mol. The number of benzene rings is 1. The molecule has 144 valence electrons. The number of H-pyrrole nitrogens is 1. The van der Waals surface area contributed by atoms with Gasteiger partial charge in [0.1, 0.15) is 12.4 Å². The third-order valence-corrected chi connectivity index (χ3v) is 4.81. The van der Waals surface area contributed by atoms with Crippen LogP contribution in [0.5, 0.6) is 0 Å². The number of aromatic nitrogens is 5. The summed E-state index contributed by atoms with van der Waals surface area (Å²) >= 11 is 0. The molecule has 4 rings (SSSR count). The highest BCUT2D eigenvalue weighted by molar-refractivity contribution is 5.76. The second-order valence-corrected chi connectivity index (χ2v) is 6.77. The highest BCUT2D eigenvalue weighted by Crippen LogP contribution is 2.17. The van der Waals surface area contributed by atoms with Gasteiger partial charge in [0, 0.05) is 36.8 Å². The number of aromatic amines is 1. The van der Waals surface area contributed by atoms with Crippen molar-refractivity contribution in [2.75, 3.05) is 13.1 Å². The van der Waals surface area contributed by atoms with Crippen LogP contribution in [0, 0.1) is 6.92 Å². The van der Waals surface area contributed by atoms with Crippen molar-refractivity contribution in [1.82, 2.24) is 29.2 Å². The fourth-order valence-corrected chi connectivity index (χ4v) is 3.24. The van der Waals surface area contributed by atoms with Gasteiger partial charge in [-0.2, -0.15) is 5.10 Å². The molecule has 9 heteroatoms. The van der Waals surface area contributed by atoms with E-state index in [1.807, 2.05) is 35.0 Å². The van der Waals surface area contributed by atoms with Crippen molar-refractivity contribution in [2.45, 2.75) is 26.4 Å². The Morgan fingerprint density at radius 3 is 2.71 bits per heavy atom. The van der Waals surface area contributed by atoms with E-state index in [0.29, 0.717) is 37.4 Å². The van der Waals surface area contributed by atoms with Gasteiger partial charge in [-0.3, -0.25) is 19.1 Å².